The highest BCUT2D eigenvalue weighted by Crippen LogP contribution is 2.12. The Balaban J connectivity index is 1.85. The lowest BCUT2D eigenvalue weighted by atomic mass is 10.3. The van der Waals surface area contributed by atoms with Gasteiger partial charge in [-0.1, -0.05) is 18.2 Å². The van der Waals surface area contributed by atoms with E-state index in [1.807, 2.05) is 30.3 Å². The van der Waals surface area contributed by atoms with Crippen LogP contribution in [-0.4, -0.2) is 15.8 Å². The minimum absolute atomic E-state index is 0.166. The average molecular weight is 446 g/mol. The molecule has 0 unspecified atom stereocenters. The quantitative estimate of drug-likeness (QED) is 0.602. The molecule has 3 rings (SSSR count). The van der Waals surface area contributed by atoms with Crippen LogP contribution in [0.2, 0.25) is 0 Å². The first-order valence-electron chi connectivity index (χ1n) is 7.53. The van der Waals surface area contributed by atoms with Crippen molar-refractivity contribution in [1.29, 1.82) is 0 Å². The van der Waals surface area contributed by atoms with E-state index in [1.54, 1.807) is 37.3 Å². The van der Waals surface area contributed by atoms with Crippen molar-refractivity contribution in [2.24, 2.45) is 0 Å². The van der Waals surface area contributed by atoms with Crippen molar-refractivity contribution in [3.8, 4) is 5.69 Å². The van der Waals surface area contributed by atoms with Gasteiger partial charge in [-0.15, -0.1) is 0 Å². The summed E-state index contributed by atoms with van der Waals surface area (Å²) in [6, 6.07) is 17.5. The monoisotopic (exact) mass is 446 g/mol. The number of aromatic nitrogens is 2. The van der Waals surface area contributed by atoms with Gasteiger partial charge in [0.15, 0.2) is 0 Å². The molecular weight excluding hydrogens is 431 g/mol. The Kier molecular flexibility index (Phi) is 5.13. The Morgan fingerprint density at radius 2 is 1.72 bits per heavy atom. The summed E-state index contributed by atoms with van der Waals surface area (Å²) in [7, 11) is 0. The third kappa shape index (κ3) is 4.24. The molecule has 0 fully saturated rings. The molecule has 2 aromatic carbocycles. The number of halogens is 1. The Hall–Kier alpha value is -2.68. The second kappa shape index (κ2) is 7.47. The van der Waals surface area contributed by atoms with Crippen LogP contribution >= 0.6 is 22.6 Å². The van der Waals surface area contributed by atoms with Gasteiger partial charge < -0.3 is 10.6 Å². The van der Waals surface area contributed by atoms with Crippen LogP contribution in [0.5, 0.6) is 0 Å². The molecule has 0 aliphatic heterocycles. The minimum atomic E-state index is -0.483. The summed E-state index contributed by atoms with van der Waals surface area (Å²) in [5.74, 6) is 0. The zero-order chi connectivity index (χ0) is 17.8. The molecular formula is C18H15IN4O2. The second-order valence-corrected chi connectivity index (χ2v) is 6.58. The summed E-state index contributed by atoms with van der Waals surface area (Å²) in [6.07, 6.45) is 0. The van der Waals surface area contributed by atoms with Gasteiger partial charge in [-0.3, -0.25) is 4.79 Å². The van der Waals surface area contributed by atoms with E-state index in [9.17, 15) is 9.59 Å². The van der Waals surface area contributed by atoms with Crippen LogP contribution in [0.4, 0.5) is 16.2 Å². The third-order valence-electron chi connectivity index (χ3n) is 3.38. The van der Waals surface area contributed by atoms with Crippen molar-refractivity contribution < 1.29 is 4.79 Å². The first-order valence-corrected chi connectivity index (χ1v) is 8.61. The van der Waals surface area contributed by atoms with Crippen molar-refractivity contribution in [1.82, 2.24) is 9.78 Å². The van der Waals surface area contributed by atoms with E-state index < -0.39 is 11.6 Å². The molecule has 0 saturated heterocycles. The van der Waals surface area contributed by atoms with Crippen molar-refractivity contribution in [2.45, 2.75) is 6.92 Å². The molecule has 7 heteroatoms. The highest BCUT2D eigenvalue weighted by molar-refractivity contribution is 14.1. The zero-order valence-corrected chi connectivity index (χ0v) is 15.5. The molecule has 0 saturated carbocycles. The summed E-state index contributed by atoms with van der Waals surface area (Å²) >= 11 is 2.19. The Bertz CT molecular complexity index is 953. The predicted molar refractivity (Wildman–Crippen MR) is 106 cm³/mol. The molecule has 126 valence electrons. The number of amides is 2. The summed E-state index contributed by atoms with van der Waals surface area (Å²) in [5, 5.41) is 9.54. The van der Waals surface area contributed by atoms with Crippen molar-refractivity contribution in [3.63, 3.8) is 0 Å². The number of hydrogen-bond acceptors (Lipinski definition) is 3. The number of aryl methyl sites for hydroxylation is 1. The van der Waals surface area contributed by atoms with Gasteiger partial charge in [-0.25, -0.2) is 4.79 Å². The maximum absolute atomic E-state index is 12.6. The van der Waals surface area contributed by atoms with Crippen LogP contribution in [-0.2, 0) is 0 Å². The Labute approximate surface area is 158 Å². The number of rotatable bonds is 3. The van der Waals surface area contributed by atoms with Gasteiger partial charge in [-0.2, -0.15) is 9.78 Å². The highest BCUT2D eigenvalue weighted by atomic mass is 127. The summed E-state index contributed by atoms with van der Waals surface area (Å²) in [4.78, 5) is 24.8. The molecule has 3 aromatic rings. The van der Waals surface area contributed by atoms with E-state index in [0.29, 0.717) is 17.1 Å². The number of nitrogens with zero attached hydrogens (tertiary/aromatic N) is 2. The molecule has 25 heavy (non-hydrogen) atoms. The SMILES string of the molecule is Cc1cc(NC(=O)Nc2ccc(I)cc2)c(=O)n(-c2ccccc2)n1. The Morgan fingerprint density at radius 3 is 2.40 bits per heavy atom. The molecule has 0 aliphatic rings. The lowest BCUT2D eigenvalue weighted by Crippen LogP contribution is -2.29. The molecule has 2 amide bonds. The van der Waals surface area contributed by atoms with Crippen LogP contribution < -0.4 is 16.2 Å². The van der Waals surface area contributed by atoms with Gasteiger partial charge in [0.25, 0.3) is 5.56 Å². The molecule has 6 nitrogen and oxygen atoms in total. The van der Waals surface area contributed by atoms with Gasteiger partial charge >= 0.3 is 6.03 Å². The number of carbonyl (C=O) groups excluding carboxylic acids is 1. The zero-order valence-electron chi connectivity index (χ0n) is 13.4. The standard InChI is InChI=1S/C18H15IN4O2/c1-12-11-16(17(24)23(22-12)15-5-3-2-4-6-15)21-18(25)20-14-9-7-13(19)8-10-14/h2-11H,1H3,(H2,20,21,25). The first kappa shape index (κ1) is 17.2. The number of urea groups is 1. The molecule has 2 N–H and O–H groups in total. The van der Waals surface area contributed by atoms with E-state index in [2.05, 4.69) is 38.3 Å². The van der Waals surface area contributed by atoms with Crippen LogP contribution in [0.3, 0.4) is 0 Å². The number of nitrogens with one attached hydrogen (secondary N) is 2. The van der Waals surface area contributed by atoms with Gasteiger partial charge in [0, 0.05) is 9.26 Å². The molecule has 1 heterocycles. The van der Waals surface area contributed by atoms with Crippen LogP contribution in [0.25, 0.3) is 5.69 Å². The molecule has 0 aliphatic carbocycles. The van der Waals surface area contributed by atoms with E-state index in [4.69, 9.17) is 0 Å². The van der Waals surface area contributed by atoms with Gasteiger partial charge in [0.1, 0.15) is 5.69 Å². The van der Waals surface area contributed by atoms with Gasteiger partial charge in [0.05, 0.1) is 11.4 Å². The van der Waals surface area contributed by atoms with Gasteiger partial charge in [-0.05, 0) is 72.0 Å². The third-order valence-corrected chi connectivity index (χ3v) is 4.10. The van der Waals surface area contributed by atoms with Crippen molar-refractivity contribution in [2.75, 3.05) is 10.6 Å². The highest BCUT2D eigenvalue weighted by Gasteiger charge is 2.11. The minimum Gasteiger partial charge on any atom is -0.308 e. The predicted octanol–water partition coefficient (Wildman–Crippen LogP) is 3.79. The topological polar surface area (TPSA) is 76.0 Å². The molecule has 1 aromatic heterocycles. The fraction of sp³-hybridized carbons (Fsp3) is 0.0556. The Morgan fingerprint density at radius 1 is 1.04 bits per heavy atom. The number of anilines is 2. The summed E-state index contributed by atoms with van der Waals surface area (Å²) < 4.78 is 2.34. The maximum atomic E-state index is 12.6. The van der Waals surface area contributed by atoms with Crippen molar-refractivity contribution >= 4 is 40.0 Å². The molecule has 0 atom stereocenters. The van der Waals surface area contributed by atoms with Gasteiger partial charge in [0.2, 0.25) is 0 Å². The summed E-state index contributed by atoms with van der Waals surface area (Å²) in [5.41, 5.74) is 1.67. The van der Waals surface area contributed by atoms with E-state index in [-0.39, 0.29) is 5.69 Å². The lowest BCUT2D eigenvalue weighted by molar-refractivity contribution is 0.262. The van der Waals surface area contributed by atoms with Crippen LogP contribution in [0, 0.1) is 10.5 Å². The number of benzene rings is 2. The molecule has 0 radical (unpaired) electrons. The second-order valence-electron chi connectivity index (χ2n) is 5.34. The number of para-hydroxylation sites is 1. The molecule has 0 bridgehead atoms. The van der Waals surface area contributed by atoms with E-state index in [0.717, 1.165) is 3.57 Å². The summed E-state index contributed by atoms with van der Waals surface area (Å²) in [6.45, 7) is 1.76. The average Bonchev–Trinajstić information content (AvgIpc) is 2.60. The number of hydrogen-bond donors (Lipinski definition) is 2. The normalized spacial score (nSPS) is 10.3. The smallest absolute Gasteiger partial charge is 0.308 e. The molecule has 0 spiro atoms. The van der Waals surface area contributed by atoms with Crippen LogP contribution in [0.1, 0.15) is 5.69 Å². The van der Waals surface area contributed by atoms with Crippen molar-refractivity contribution in [3.05, 3.63) is 80.3 Å². The lowest BCUT2D eigenvalue weighted by Gasteiger charge is -2.11. The fourth-order valence-corrected chi connectivity index (χ4v) is 2.63. The van der Waals surface area contributed by atoms with E-state index >= 15 is 0 Å². The van der Waals surface area contributed by atoms with Crippen LogP contribution in [0.15, 0.2) is 65.5 Å². The maximum Gasteiger partial charge on any atom is 0.323 e. The first-order chi connectivity index (χ1) is 12.0. The fourth-order valence-electron chi connectivity index (χ4n) is 2.27. The largest absolute Gasteiger partial charge is 0.323 e. The van der Waals surface area contributed by atoms with E-state index in [1.165, 1.54) is 4.68 Å². The number of carbonyl (C=O) groups is 1.